The number of alkyl halides is 3. The second-order valence-electron chi connectivity index (χ2n) is 6.43. The van der Waals surface area contributed by atoms with Crippen LogP contribution in [0, 0.1) is 12.8 Å². The van der Waals surface area contributed by atoms with E-state index in [9.17, 15) is 13.2 Å². The van der Waals surface area contributed by atoms with Gasteiger partial charge in [-0.05, 0) is 25.7 Å². The van der Waals surface area contributed by atoms with Gasteiger partial charge in [0.25, 0.3) is 0 Å². The van der Waals surface area contributed by atoms with Crippen molar-refractivity contribution in [1.82, 2.24) is 14.9 Å². The lowest BCUT2D eigenvalue weighted by Crippen LogP contribution is -2.32. The summed E-state index contributed by atoms with van der Waals surface area (Å²) in [6.07, 6.45) is -1.94. The van der Waals surface area contributed by atoms with E-state index in [0.717, 1.165) is 25.7 Å². The quantitative estimate of drug-likeness (QED) is 0.840. The van der Waals surface area contributed by atoms with Crippen molar-refractivity contribution in [3.63, 3.8) is 0 Å². The minimum atomic E-state index is -4.43. The van der Waals surface area contributed by atoms with Gasteiger partial charge < -0.3 is 4.90 Å². The topological polar surface area (TPSA) is 32.3 Å². The number of anilines is 1. The maximum absolute atomic E-state index is 12.9. The van der Waals surface area contributed by atoms with Crippen LogP contribution in [0.5, 0.6) is 0 Å². The molecule has 1 saturated heterocycles. The monoisotopic (exact) mass is 314 g/mol. The van der Waals surface area contributed by atoms with Gasteiger partial charge in [0.05, 0.1) is 0 Å². The Kier molecular flexibility index (Phi) is 4.01. The SMILES string of the molecule is Cc1nc(N2CCN(C3CC3)CC(C)C2)cc(C(F)(F)F)n1. The molecule has 22 heavy (non-hydrogen) atoms. The van der Waals surface area contributed by atoms with Gasteiger partial charge in [-0.25, -0.2) is 9.97 Å². The summed E-state index contributed by atoms with van der Waals surface area (Å²) in [7, 11) is 0. The highest BCUT2D eigenvalue weighted by Crippen LogP contribution is 2.31. The summed E-state index contributed by atoms with van der Waals surface area (Å²) in [4.78, 5) is 12.2. The molecule has 0 bridgehead atoms. The molecule has 1 aliphatic heterocycles. The lowest BCUT2D eigenvalue weighted by atomic mass is 10.1. The van der Waals surface area contributed by atoms with Crippen LogP contribution in [0.2, 0.25) is 0 Å². The molecule has 4 nitrogen and oxygen atoms in total. The lowest BCUT2D eigenvalue weighted by molar-refractivity contribution is -0.141. The molecule has 2 heterocycles. The minimum Gasteiger partial charge on any atom is -0.355 e. The van der Waals surface area contributed by atoms with E-state index in [-0.39, 0.29) is 5.82 Å². The number of halogens is 3. The fraction of sp³-hybridized carbons (Fsp3) is 0.733. The van der Waals surface area contributed by atoms with E-state index < -0.39 is 11.9 Å². The average Bonchev–Trinajstić information content (AvgIpc) is 3.23. The Bertz CT molecular complexity index is 542. The van der Waals surface area contributed by atoms with Crippen molar-refractivity contribution in [2.75, 3.05) is 31.1 Å². The Balaban J connectivity index is 1.82. The Morgan fingerprint density at radius 3 is 2.50 bits per heavy atom. The summed E-state index contributed by atoms with van der Waals surface area (Å²) in [6.45, 7) is 7.01. The first-order valence-corrected chi connectivity index (χ1v) is 7.75. The molecule has 0 amide bonds. The molecule has 0 radical (unpaired) electrons. The van der Waals surface area contributed by atoms with E-state index >= 15 is 0 Å². The average molecular weight is 314 g/mol. The molecule has 3 rings (SSSR count). The molecule has 1 aromatic rings. The minimum absolute atomic E-state index is 0.167. The summed E-state index contributed by atoms with van der Waals surface area (Å²) in [5.41, 5.74) is -0.856. The van der Waals surface area contributed by atoms with Crippen LogP contribution in [-0.2, 0) is 6.18 Å². The fourth-order valence-electron chi connectivity index (χ4n) is 3.10. The molecule has 0 spiro atoms. The van der Waals surface area contributed by atoms with Crippen LogP contribution < -0.4 is 4.90 Å². The Morgan fingerprint density at radius 1 is 1.14 bits per heavy atom. The molecular formula is C15H21F3N4. The molecule has 1 atom stereocenters. The Labute approximate surface area is 128 Å². The smallest absolute Gasteiger partial charge is 0.355 e. The van der Waals surface area contributed by atoms with Crippen LogP contribution >= 0.6 is 0 Å². The highest BCUT2D eigenvalue weighted by atomic mass is 19.4. The fourth-order valence-corrected chi connectivity index (χ4v) is 3.10. The standard InChI is InChI=1S/C15H21F3N4/c1-10-8-21(12-3-4-12)5-6-22(9-10)14-7-13(15(16,17)18)19-11(2)20-14/h7,10,12H,3-6,8-9H2,1-2H3. The predicted molar refractivity (Wildman–Crippen MR) is 77.7 cm³/mol. The van der Waals surface area contributed by atoms with Crippen molar-refractivity contribution in [2.24, 2.45) is 5.92 Å². The molecule has 0 aromatic carbocycles. The maximum Gasteiger partial charge on any atom is 0.433 e. The van der Waals surface area contributed by atoms with Gasteiger partial charge in [0.1, 0.15) is 17.3 Å². The Morgan fingerprint density at radius 2 is 1.86 bits per heavy atom. The highest BCUT2D eigenvalue weighted by Gasteiger charge is 2.35. The van der Waals surface area contributed by atoms with E-state index in [2.05, 4.69) is 21.8 Å². The highest BCUT2D eigenvalue weighted by molar-refractivity contribution is 5.41. The zero-order chi connectivity index (χ0) is 15.9. The molecule has 1 unspecified atom stereocenters. The van der Waals surface area contributed by atoms with Gasteiger partial charge in [-0.15, -0.1) is 0 Å². The van der Waals surface area contributed by atoms with Crippen molar-refractivity contribution in [3.8, 4) is 0 Å². The van der Waals surface area contributed by atoms with Gasteiger partial charge in [0.15, 0.2) is 0 Å². The third kappa shape index (κ3) is 3.51. The largest absolute Gasteiger partial charge is 0.433 e. The van der Waals surface area contributed by atoms with Gasteiger partial charge in [-0.2, -0.15) is 13.2 Å². The summed E-state index contributed by atoms with van der Waals surface area (Å²) in [5.74, 6) is 0.970. The lowest BCUT2D eigenvalue weighted by Gasteiger charge is -2.24. The van der Waals surface area contributed by atoms with Crippen LogP contribution in [0.25, 0.3) is 0 Å². The third-order valence-electron chi connectivity index (χ3n) is 4.24. The summed E-state index contributed by atoms with van der Waals surface area (Å²) >= 11 is 0. The van der Waals surface area contributed by atoms with E-state index in [1.54, 1.807) is 0 Å². The van der Waals surface area contributed by atoms with Crippen molar-refractivity contribution in [1.29, 1.82) is 0 Å². The second-order valence-corrected chi connectivity index (χ2v) is 6.43. The summed E-state index contributed by atoms with van der Waals surface area (Å²) in [5, 5.41) is 0. The maximum atomic E-state index is 12.9. The zero-order valence-electron chi connectivity index (χ0n) is 12.9. The molecule has 2 fully saturated rings. The first kappa shape index (κ1) is 15.5. The molecule has 2 aliphatic rings. The van der Waals surface area contributed by atoms with Crippen LogP contribution in [-0.4, -0.2) is 47.1 Å². The zero-order valence-corrected chi connectivity index (χ0v) is 12.9. The van der Waals surface area contributed by atoms with Crippen LogP contribution in [0.3, 0.4) is 0 Å². The van der Waals surface area contributed by atoms with E-state index in [1.165, 1.54) is 19.8 Å². The first-order chi connectivity index (χ1) is 10.3. The van der Waals surface area contributed by atoms with Crippen molar-refractivity contribution in [2.45, 2.75) is 38.9 Å². The second kappa shape index (κ2) is 5.68. The molecule has 122 valence electrons. The van der Waals surface area contributed by atoms with Gasteiger partial charge >= 0.3 is 6.18 Å². The summed E-state index contributed by atoms with van der Waals surface area (Å²) in [6, 6.07) is 1.76. The van der Waals surface area contributed by atoms with Gasteiger partial charge in [-0.3, -0.25) is 4.90 Å². The van der Waals surface area contributed by atoms with Gasteiger partial charge in [0.2, 0.25) is 0 Å². The number of rotatable bonds is 2. The van der Waals surface area contributed by atoms with E-state index in [4.69, 9.17) is 0 Å². The molecule has 1 aromatic heterocycles. The van der Waals surface area contributed by atoms with Gasteiger partial charge in [-0.1, -0.05) is 6.92 Å². The molecule has 7 heteroatoms. The number of nitrogens with zero attached hydrogens (tertiary/aromatic N) is 4. The van der Waals surface area contributed by atoms with Crippen LogP contribution in [0.15, 0.2) is 6.07 Å². The van der Waals surface area contributed by atoms with Crippen molar-refractivity contribution in [3.05, 3.63) is 17.6 Å². The van der Waals surface area contributed by atoms with Crippen molar-refractivity contribution < 1.29 is 13.2 Å². The number of aromatic nitrogens is 2. The van der Waals surface area contributed by atoms with Crippen molar-refractivity contribution >= 4 is 5.82 Å². The van der Waals surface area contributed by atoms with Crippen LogP contribution in [0.1, 0.15) is 31.3 Å². The number of hydrogen-bond acceptors (Lipinski definition) is 4. The molecular weight excluding hydrogens is 293 g/mol. The molecule has 1 saturated carbocycles. The predicted octanol–water partition coefficient (Wildman–Crippen LogP) is 2.72. The van der Waals surface area contributed by atoms with E-state index in [0.29, 0.717) is 24.3 Å². The molecule has 1 aliphatic carbocycles. The molecule has 0 N–H and O–H groups in total. The third-order valence-corrected chi connectivity index (χ3v) is 4.24. The van der Waals surface area contributed by atoms with Crippen LogP contribution in [0.4, 0.5) is 19.0 Å². The number of hydrogen-bond donors (Lipinski definition) is 0. The van der Waals surface area contributed by atoms with E-state index in [1.807, 2.05) is 4.90 Å². The summed E-state index contributed by atoms with van der Waals surface area (Å²) < 4.78 is 38.8. The Hall–Kier alpha value is -1.37. The normalized spacial score (nSPS) is 24.4. The van der Waals surface area contributed by atoms with Gasteiger partial charge in [0, 0.05) is 38.3 Å². The first-order valence-electron chi connectivity index (χ1n) is 7.75. The number of aryl methyl sites for hydroxylation is 1.